The van der Waals surface area contributed by atoms with Crippen LogP contribution in [0.25, 0.3) is 0 Å². The molecule has 0 amide bonds. The first-order valence-electron chi connectivity index (χ1n) is 5.29. The number of anilines is 1. The van der Waals surface area contributed by atoms with Gasteiger partial charge in [-0.2, -0.15) is 0 Å². The average Bonchev–Trinajstić information content (AvgIpc) is 2.58. The summed E-state index contributed by atoms with van der Waals surface area (Å²) >= 11 is 5.77. The molecule has 2 rings (SSSR count). The normalized spacial score (nSPS) is 10.7. The van der Waals surface area contributed by atoms with Crippen LogP contribution < -0.4 is 5.32 Å². The Morgan fingerprint density at radius 2 is 2.06 bits per heavy atom. The fraction of sp³-hybridized carbons (Fsp3) is 0.250. The number of rotatable bonds is 3. The second-order valence-corrected chi connectivity index (χ2v) is 4.31. The molecule has 1 N–H and O–H groups in total. The standard InChI is InChI=1S/C12H11ClF2N2O/c1-6-9(7(2)18-17-6)5-16-12-10(13)3-8(14)4-11(12)15/h3-4,16H,5H2,1-2H3. The van der Waals surface area contributed by atoms with Crippen molar-refractivity contribution >= 4 is 17.3 Å². The van der Waals surface area contributed by atoms with Gasteiger partial charge in [0.2, 0.25) is 0 Å². The predicted molar refractivity (Wildman–Crippen MR) is 64.7 cm³/mol. The van der Waals surface area contributed by atoms with Crippen molar-refractivity contribution in [2.75, 3.05) is 5.32 Å². The maximum absolute atomic E-state index is 13.5. The molecule has 0 spiro atoms. The molecule has 6 heteroatoms. The van der Waals surface area contributed by atoms with E-state index in [4.69, 9.17) is 16.1 Å². The highest BCUT2D eigenvalue weighted by Gasteiger charge is 2.13. The largest absolute Gasteiger partial charge is 0.377 e. The molecule has 0 aliphatic rings. The van der Waals surface area contributed by atoms with Crippen LogP contribution in [0.5, 0.6) is 0 Å². The van der Waals surface area contributed by atoms with Gasteiger partial charge < -0.3 is 9.84 Å². The molecule has 2 aromatic rings. The number of halogens is 3. The highest BCUT2D eigenvalue weighted by atomic mass is 35.5. The minimum absolute atomic E-state index is 0.000685. The Bertz CT molecular complexity index is 541. The third-order valence-corrected chi connectivity index (χ3v) is 2.93. The van der Waals surface area contributed by atoms with E-state index in [0.29, 0.717) is 12.3 Å². The van der Waals surface area contributed by atoms with E-state index >= 15 is 0 Å². The van der Waals surface area contributed by atoms with E-state index in [1.807, 2.05) is 0 Å². The number of benzene rings is 1. The average molecular weight is 273 g/mol. The van der Waals surface area contributed by atoms with E-state index in [2.05, 4.69) is 10.5 Å². The number of nitrogens with one attached hydrogen (secondary N) is 1. The number of hydrogen-bond acceptors (Lipinski definition) is 3. The van der Waals surface area contributed by atoms with E-state index in [-0.39, 0.29) is 10.7 Å². The summed E-state index contributed by atoms with van der Waals surface area (Å²) < 4.78 is 31.4. The molecule has 0 atom stereocenters. The Labute approximate surface area is 108 Å². The van der Waals surface area contributed by atoms with E-state index in [1.54, 1.807) is 13.8 Å². The Kier molecular flexibility index (Phi) is 3.52. The number of hydrogen-bond donors (Lipinski definition) is 1. The van der Waals surface area contributed by atoms with E-state index in [1.165, 1.54) is 0 Å². The molecule has 18 heavy (non-hydrogen) atoms. The summed E-state index contributed by atoms with van der Waals surface area (Å²) in [6.07, 6.45) is 0. The summed E-state index contributed by atoms with van der Waals surface area (Å²) in [5, 5.41) is 6.60. The summed E-state index contributed by atoms with van der Waals surface area (Å²) in [5.74, 6) is -0.786. The minimum atomic E-state index is -0.730. The van der Waals surface area contributed by atoms with Crippen LogP contribution in [0.1, 0.15) is 17.0 Å². The number of nitrogens with zero attached hydrogens (tertiary/aromatic N) is 1. The van der Waals surface area contributed by atoms with Gasteiger partial charge in [-0.3, -0.25) is 0 Å². The lowest BCUT2D eigenvalue weighted by Gasteiger charge is -2.09. The lowest BCUT2D eigenvalue weighted by Crippen LogP contribution is -2.04. The molecular weight excluding hydrogens is 262 g/mol. The summed E-state index contributed by atoms with van der Waals surface area (Å²) in [5.41, 5.74) is 1.62. The number of aromatic nitrogens is 1. The Hall–Kier alpha value is -1.62. The van der Waals surface area contributed by atoms with Crippen LogP contribution in [0, 0.1) is 25.5 Å². The fourth-order valence-electron chi connectivity index (χ4n) is 1.64. The van der Waals surface area contributed by atoms with Crippen molar-refractivity contribution in [1.29, 1.82) is 0 Å². The molecule has 1 heterocycles. The first kappa shape index (κ1) is 12.8. The first-order chi connectivity index (χ1) is 8.49. The van der Waals surface area contributed by atoms with Crippen LogP contribution in [0.2, 0.25) is 5.02 Å². The van der Waals surface area contributed by atoms with Crippen molar-refractivity contribution in [3.63, 3.8) is 0 Å². The van der Waals surface area contributed by atoms with Gasteiger partial charge in [-0.05, 0) is 19.9 Å². The van der Waals surface area contributed by atoms with Gasteiger partial charge in [0.15, 0.2) is 5.82 Å². The van der Waals surface area contributed by atoms with Gasteiger partial charge in [0, 0.05) is 18.2 Å². The molecule has 3 nitrogen and oxygen atoms in total. The van der Waals surface area contributed by atoms with Gasteiger partial charge in [0.1, 0.15) is 11.6 Å². The van der Waals surface area contributed by atoms with Crippen molar-refractivity contribution in [2.45, 2.75) is 20.4 Å². The van der Waals surface area contributed by atoms with Gasteiger partial charge in [-0.1, -0.05) is 16.8 Å². The molecule has 0 saturated carbocycles. The molecule has 1 aromatic carbocycles. The number of aryl methyl sites for hydroxylation is 2. The van der Waals surface area contributed by atoms with Crippen LogP contribution in [0.15, 0.2) is 16.7 Å². The highest BCUT2D eigenvalue weighted by Crippen LogP contribution is 2.27. The minimum Gasteiger partial charge on any atom is -0.377 e. The van der Waals surface area contributed by atoms with Gasteiger partial charge >= 0.3 is 0 Å². The Morgan fingerprint density at radius 3 is 2.61 bits per heavy atom. The monoisotopic (exact) mass is 272 g/mol. The van der Waals surface area contributed by atoms with Crippen LogP contribution in [0.3, 0.4) is 0 Å². The van der Waals surface area contributed by atoms with Crippen LogP contribution in [0.4, 0.5) is 14.5 Å². The quantitative estimate of drug-likeness (QED) is 0.923. The lowest BCUT2D eigenvalue weighted by molar-refractivity contribution is 0.392. The fourth-order valence-corrected chi connectivity index (χ4v) is 1.90. The van der Waals surface area contributed by atoms with Crippen molar-refractivity contribution in [1.82, 2.24) is 5.16 Å². The van der Waals surface area contributed by atoms with E-state index in [9.17, 15) is 8.78 Å². The van der Waals surface area contributed by atoms with Crippen molar-refractivity contribution < 1.29 is 13.3 Å². The van der Waals surface area contributed by atoms with Crippen LogP contribution in [-0.4, -0.2) is 5.16 Å². The van der Waals surface area contributed by atoms with Crippen molar-refractivity contribution in [3.05, 3.63) is 45.8 Å². The summed E-state index contributed by atoms with van der Waals surface area (Å²) in [6.45, 7) is 3.86. The first-order valence-corrected chi connectivity index (χ1v) is 5.67. The SMILES string of the molecule is Cc1noc(C)c1CNc1c(F)cc(F)cc1Cl. The summed E-state index contributed by atoms with van der Waals surface area (Å²) in [7, 11) is 0. The zero-order chi connectivity index (χ0) is 13.3. The molecule has 0 radical (unpaired) electrons. The maximum atomic E-state index is 13.5. The molecule has 0 bridgehead atoms. The predicted octanol–water partition coefficient (Wildman–Crippen LogP) is 3.84. The molecule has 0 unspecified atom stereocenters. The topological polar surface area (TPSA) is 38.1 Å². The second kappa shape index (κ2) is 4.94. The zero-order valence-corrected chi connectivity index (χ0v) is 10.6. The highest BCUT2D eigenvalue weighted by molar-refractivity contribution is 6.33. The molecule has 0 aliphatic carbocycles. The van der Waals surface area contributed by atoms with Crippen LogP contribution >= 0.6 is 11.6 Å². The zero-order valence-electron chi connectivity index (χ0n) is 9.85. The molecule has 0 aliphatic heterocycles. The second-order valence-electron chi connectivity index (χ2n) is 3.90. The maximum Gasteiger partial charge on any atom is 0.150 e. The van der Waals surface area contributed by atoms with Gasteiger partial charge in [0.05, 0.1) is 16.4 Å². The molecule has 1 aromatic heterocycles. The van der Waals surface area contributed by atoms with Crippen molar-refractivity contribution in [3.8, 4) is 0 Å². The molecular formula is C12H11ClF2N2O. The van der Waals surface area contributed by atoms with E-state index in [0.717, 1.165) is 23.4 Å². The molecule has 0 saturated heterocycles. The Morgan fingerprint density at radius 1 is 1.33 bits per heavy atom. The molecule has 96 valence electrons. The Balaban J connectivity index is 2.21. The van der Waals surface area contributed by atoms with Gasteiger partial charge in [-0.25, -0.2) is 8.78 Å². The summed E-state index contributed by atoms with van der Waals surface area (Å²) in [4.78, 5) is 0. The van der Waals surface area contributed by atoms with Gasteiger partial charge in [-0.15, -0.1) is 0 Å². The summed E-state index contributed by atoms with van der Waals surface area (Å²) in [6, 6.07) is 1.84. The van der Waals surface area contributed by atoms with Crippen LogP contribution in [-0.2, 0) is 6.54 Å². The van der Waals surface area contributed by atoms with E-state index < -0.39 is 11.6 Å². The third-order valence-electron chi connectivity index (χ3n) is 2.63. The molecule has 0 fully saturated rings. The third kappa shape index (κ3) is 2.46. The van der Waals surface area contributed by atoms with Crippen molar-refractivity contribution in [2.24, 2.45) is 0 Å². The van der Waals surface area contributed by atoms with Gasteiger partial charge in [0.25, 0.3) is 0 Å². The lowest BCUT2D eigenvalue weighted by atomic mass is 10.2. The smallest absolute Gasteiger partial charge is 0.150 e.